The van der Waals surface area contributed by atoms with Gasteiger partial charge in [-0.25, -0.2) is 14.2 Å². The number of aromatic carboxylic acids is 1. The number of Topliss-reactive ketones (excluding diaryl/α,β-unsaturated/α-hetero) is 1. The van der Waals surface area contributed by atoms with Gasteiger partial charge in [0.15, 0.2) is 12.0 Å². The number of alkyl halides is 1. The van der Waals surface area contributed by atoms with Crippen LogP contribution in [0.15, 0.2) is 36.7 Å². The Kier molecular flexibility index (Phi) is 6.34. The molecule has 0 aliphatic heterocycles. The summed E-state index contributed by atoms with van der Waals surface area (Å²) < 4.78 is 16.3. The topological polar surface area (TPSA) is 92.4 Å². The van der Waals surface area contributed by atoms with Crippen LogP contribution in [0, 0.1) is 0 Å². The van der Waals surface area contributed by atoms with E-state index in [-0.39, 0.29) is 34.9 Å². The predicted octanol–water partition coefficient (Wildman–Crippen LogP) is 4.38. The highest BCUT2D eigenvalue weighted by atomic mass is 35.5. The van der Waals surface area contributed by atoms with Crippen LogP contribution in [0.4, 0.5) is 4.39 Å². The van der Waals surface area contributed by atoms with Gasteiger partial charge in [-0.2, -0.15) is 0 Å². The lowest BCUT2D eigenvalue weighted by Crippen LogP contribution is -2.21. The molecule has 1 atom stereocenters. The number of phenols is 1. The number of thiazole rings is 1. The van der Waals surface area contributed by atoms with E-state index in [1.54, 1.807) is 22.9 Å². The molecular formula is C20H18ClFN2O4S. The van der Waals surface area contributed by atoms with E-state index in [2.05, 4.69) is 4.98 Å². The summed E-state index contributed by atoms with van der Waals surface area (Å²) in [4.78, 5) is 28.3. The number of aromatic nitrogens is 2. The fourth-order valence-electron chi connectivity index (χ4n) is 2.83. The number of hydrogen-bond acceptors (Lipinski definition) is 5. The number of phenolic OH excluding ortho intramolecular Hbond substituents is 1. The summed E-state index contributed by atoms with van der Waals surface area (Å²) >= 11 is 7.29. The number of rotatable bonds is 8. The minimum absolute atomic E-state index is 0.00200. The average Bonchev–Trinajstić information content (AvgIpc) is 3.26. The summed E-state index contributed by atoms with van der Waals surface area (Å²) in [5.74, 6) is -1.75. The van der Waals surface area contributed by atoms with Crippen LogP contribution < -0.4 is 0 Å². The molecule has 3 rings (SSSR count). The summed E-state index contributed by atoms with van der Waals surface area (Å²) in [5, 5.41) is 19.3. The van der Waals surface area contributed by atoms with Crippen LogP contribution >= 0.6 is 22.9 Å². The standard InChI is InChI=1S/C20H18ClFN2O4S/c1-2-24-9-12(14(10-24)20(27)28)7-16(26)15(22)8-17-18(21)23-19(29-17)11-3-5-13(25)6-4-11/h3-6,9-10,15,25H,2,7-8H2,1H3,(H,27,28). The van der Waals surface area contributed by atoms with Crippen molar-refractivity contribution in [3.8, 4) is 16.3 Å². The molecule has 0 saturated heterocycles. The Morgan fingerprint density at radius 3 is 2.59 bits per heavy atom. The van der Waals surface area contributed by atoms with Crippen molar-refractivity contribution >= 4 is 34.7 Å². The zero-order valence-corrected chi connectivity index (χ0v) is 17.0. The predicted molar refractivity (Wildman–Crippen MR) is 109 cm³/mol. The van der Waals surface area contributed by atoms with Crippen molar-refractivity contribution in [3.05, 3.63) is 57.8 Å². The molecule has 6 nitrogen and oxygen atoms in total. The zero-order valence-electron chi connectivity index (χ0n) is 15.4. The van der Waals surface area contributed by atoms with Crippen LogP contribution in [0.5, 0.6) is 5.75 Å². The van der Waals surface area contributed by atoms with Gasteiger partial charge in [0.25, 0.3) is 0 Å². The first kappa shape index (κ1) is 21.0. The molecule has 0 aliphatic carbocycles. The van der Waals surface area contributed by atoms with Crippen molar-refractivity contribution in [1.29, 1.82) is 0 Å². The maximum atomic E-state index is 14.6. The molecule has 9 heteroatoms. The Balaban J connectivity index is 1.73. The van der Waals surface area contributed by atoms with Crippen LogP contribution in [0.1, 0.15) is 27.7 Å². The van der Waals surface area contributed by atoms with E-state index in [1.807, 2.05) is 6.92 Å². The first-order valence-corrected chi connectivity index (χ1v) is 10.0. The molecule has 1 unspecified atom stereocenters. The molecule has 0 aliphatic rings. The highest BCUT2D eigenvalue weighted by Gasteiger charge is 2.24. The summed E-state index contributed by atoms with van der Waals surface area (Å²) in [7, 11) is 0. The number of carboxylic acid groups (broad SMARTS) is 1. The van der Waals surface area contributed by atoms with Gasteiger partial charge in [-0.1, -0.05) is 11.6 Å². The minimum atomic E-state index is -1.83. The number of halogens is 2. The highest BCUT2D eigenvalue weighted by molar-refractivity contribution is 7.15. The van der Waals surface area contributed by atoms with Gasteiger partial charge in [-0.05, 0) is 36.8 Å². The molecule has 0 bridgehead atoms. The van der Waals surface area contributed by atoms with Gasteiger partial charge >= 0.3 is 5.97 Å². The van der Waals surface area contributed by atoms with Crippen molar-refractivity contribution in [2.75, 3.05) is 0 Å². The molecule has 0 radical (unpaired) electrons. The molecule has 2 N–H and O–H groups in total. The van der Waals surface area contributed by atoms with Crippen molar-refractivity contribution in [3.63, 3.8) is 0 Å². The van der Waals surface area contributed by atoms with E-state index in [4.69, 9.17) is 11.6 Å². The number of aromatic hydroxyl groups is 1. The first-order chi connectivity index (χ1) is 13.8. The number of carboxylic acids is 1. The van der Waals surface area contributed by atoms with Gasteiger partial charge in [0.1, 0.15) is 15.9 Å². The second kappa shape index (κ2) is 8.75. The van der Waals surface area contributed by atoms with Gasteiger partial charge < -0.3 is 14.8 Å². The average molecular weight is 437 g/mol. The van der Waals surface area contributed by atoms with Gasteiger partial charge in [0.2, 0.25) is 0 Å². The van der Waals surface area contributed by atoms with Crippen LogP contribution in [0.25, 0.3) is 10.6 Å². The van der Waals surface area contributed by atoms with E-state index in [0.717, 1.165) is 5.56 Å². The summed E-state index contributed by atoms with van der Waals surface area (Å²) in [6.07, 6.45) is 0.618. The maximum Gasteiger partial charge on any atom is 0.337 e. The van der Waals surface area contributed by atoms with Crippen molar-refractivity contribution in [2.24, 2.45) is 0 Å². The second-order valence-electron chi connectivity index (χ2n) is 6.43. The van der Waals surface area contributed by atoms with E-state index in [0.29, 0.717) is 16.4 Å². The molecule has 29 heavy (non-hydrogen) atoms. The minimum Gasteiger partial charge on any atom is -0.508 e. The lowest BCUT2D eigenvalue weighted by Gasteiger charge is -2.06. The SMILES string of the molecule is CCn1cc(CC(=O)C(F)Cc2sc(-c3ccc(O)cc3)nc2Cl)c(C(=O)O)c1. The molecule has 0 amide bonds. The van der Waals surface area contributed by atoms with E-state index in [1.165, 1.54) is 29.7 Å². The van der Waals surface area contributed by atoms with Crippen LogP contribution in [0.2, 0.25) is 5.15 Å². The molecule has 2 aromatic heterocycles. The van der Waals surface area contributed by atoms with Crippen LogP contribution in [-0.4, -0.2) is 37.7 Å². The van der Waals surface area contributed by atoms with Crippen molar-refractivity contribution < 1.29 is 24.2 Å². The molecule has 0 spiro atoms. The molecule has 0 fully saturated rings. The number of nitrogens with zero attached hydrogens (tertiary/aromatic N) is 2. The van der Waals surface area contributed by atoms with Gasteiger partial charge in [-0.15, -0.1) is 11.3 Å². The Morgan fingerprint density at radius 1 is 1.28 bits per heavy atom. The highest BCUT2D eigenvalue weighted by Crippen LogP contribution is 2.33. The van der Waals surface area contributed by atoms with Gasteiger partial charge in [0.05, 0.1) is 5.56 Å². The quantitative estimate of drug-likeness (QED) is 0.546. The molecule has 3 aromatic rings. The van der Waals surface area contributed by atoms with Crippen LogP contribution in [-0.2, 0) is 24.2 Å². The Bertz CT molecular complexity index is 1050. The number of aryl methyl sites for hydroxylation is 1. The van der Waals surface area contributed by atoms with E-state index in [9.17, 15) is 24.2 Å². The normalized spacial score (nSPS) is 12.1. The molecular weight excluding hydrogens is 419 g/mol. The summed E-state index contributed by atoms with van der Waals surface area (Å²) in [5.41, 5.74) is 1.000. The summed E-state index contributed by atoms with van der Waals surface area (Å²) in [6.45, 7) is 2.39. The monoisotopic (exact) mass is 436 g/mol. The number of carbonyl (C=O) groups is 2. The van der Waals surface area contributed by atoms with Crippen LogP contribution in [0.3, 0.4) is 0 Å². The molecule has 0 saturated carbocycles. The van der Waals surface area contributed by atoms with Crippen molar-refractivity contribution in [2.45, 2.75) is 32.5 Å². The fraction of sp³-hybridized carbons (Fsp3) is 0.250. The largest absolute Gasteiger partial charge is 0.508 e. The number of benzene rings is 1. The Hall–Kier alpha value is -2.71. The lowest BCUT2D eigenvalue weighted by atomic mass is 10.0. The third kappa shape index (κ3) is 4.83. The first-order valence-electron chi connectivity index (χ1n) is 8.81. The third-order valence-electron chi connectivity index (χ3n) is 4.40. The third-order valence-corrected chi connectivity index (χ3v) is 5.95. The molecule has 1 aromatic carbocycles. The maximum absolute atomic E-state index is 14.6. The second-order valence-corrected chi connectivity index (χ2v) is 7.87. The smallest absolute Gasteiger partial charge is 0.337 e. The number of carbonyl (C=O) groups excluding carboxylic acids is 1. The Labute approximate surface area is 175 Å². The molecule has 2 heterocycles. The Morgan fingerprint density at radius 2 is 1.97 bits per heavy atom. The van der Waals surface area contributed by atoms with E-state index < -0.39 is 17.9 Å². The van der Waals surface area contributed by atoms with Gasteiger partial charge in [-0.3, -0.25) is 4.79 Å². The van der Waals surface area contributed by atoms with Crippen molar-refractivity contribution in [1.82, 2.24) is 9.55 Å². The number of hydrogen-bond donors (Lipinski definition) is 2. The zero-order chi connectivity index (χ0) is 21.1. The molecule has 152 valence electrons. The van der Waals surface area contributed by atoms with E-state index >= 15 is 0 Å². The van der Waals surface area contributed by atoms with Gasteiger partial charge in [0, 0.05) is 42.2 Å². The fourth-order valence-corrected chi connectivity index (χ4v) is 4.14. The lowest BCUT2D eigenvalue weighted by molar-refractivity contribution is -0.123. The summed E-state index contributed by atoms with van der Waals surface area (Å²) in [6, 6.07) is 6.35. The number of ketones is 1.